The number of rotatable bonds is 8. The molecule has 1 fully saturated rings. The molecule has 2 unspecified atom stereocenters. The maximum Gasteiger partial charge on any atom is 0.241 e. The highest BCUT2D eigenvalue weighted by Crippen LogP contribution is 2.27. The van der Waals surface area contributed by atoms with E-state index in [1.807, 2.05) is 57.2 Å². The van der Waals surface area contributed by atoms with Crippen LogP contribution in [0.2, 0.25) is 0 Å². The monoisotopic (exact) mass is 458 g/mol. The minimum Gasteiger partial charge on any atom is -0.350 e. The fraction of sp³-hybridized carbons (Fsp3) is 0.458. The maximum atomic E-state index is 13.7. The minimum absolute atomic E-state index is 0.273. The fourth-order valence-electron chi connectivity index (χ4n) is 3.97. The lowest BCUT2D eigenvalue weighted by Crippen LogP contribution is -2.50. The van der Waals surface area contributed by atoms with E-state index >= 15 is 0 Å². The largest absolute Gasteiger partial charge is 0.350 e. The lowest BCUT2D eigenvalue weighted by Gasteiger charge is -2.30. The molecule has 0 aromatic heterocycles. The molecule has 0 bridgehead atoms. The number of nitrogens with one attached hydrogen (secondary N) is 3. The molecule has 2 aromatic carbocycles. The molecule has 8 heteroatoms. The number of hydrogen-bond acceptors (Lipinski definition) is 5. The highest BCUT2D eigenvalue weighted by atomic mass is 32.2. The Labute approximate surface area is 191 Å². The van der Waals surface area contributed by atoms with Gasteiger partial charge in [0.05, 0.1) is 5.69 Å². The van der Waals surface area contributed by atoms with E-state index in [-0.39, 0.29) is 24.5 Å². The lowest BCUT2D eigenvalue weighted by atomic mass is 10.0. The first-order chi connectivity index (χ1) is 15.1. The van der Waals surface area contributed by atoms with Crippen molar-refractivity contribution in [3.8, 4) is 0 Å². The number of amides is 1. The zero-order valence-electron chi connectivity index (χ0n) is 19.4. The first-order valence-corrected chi connectivity index (χ1v) is 12.5. The smallest absolute Gasteiger partial charge is 0.241 e. The molecular weight excluding hydrogens is 424 g/mol. The summed E-state index contributed by atoms with van der Waals surface area (Å²) in [6.07, 6.45) is 0. The zero-order chi connectivity index (χ0) is 23.5. The quantitative estimate of drug-likeness (QED) is 0.566. The lowest BCUT2D eigenvalue weighted by molar-refractivity contribution is -0.119. The topological polar surface area (TPSA) is 90.5 Å². The van der Waals surface area contributed by atoms with Gasteiger partial charge < -0.3 is 5.32 Å². The summed E-state index contributed by atoms with van der Waals surface area (Å²) in [4.78, 5) is 12.8. The highest BCUT2D eigenvalue weighted by molar-refractivity contribution is 7.93. The molecule has 1 aliphatic rings. The van der Waals surface area contributed by atoms with Gasteiger partial charge in [-0.15, -0.1) is 0 Å². The van der Waals surface area contributed by atoms with Gasteiger partial charge in [0.2, 0.25) is 15.9 Å². The fourth-order valence-corrected chi connectivity index (χ4v) is 6.14. The van der Waals surface area contributed by atoms with Crippen LogP contribution in [0, 0.1) is 6.92 Å². The van der Waals surface area contributed by atoms with Crippen LogP contribution in [0.1, 0.15) is 50.3 Å². The van der Waals surface area contributed by atoms with Gasteiger partial charge in [0.25, 0.3) is 0 Å². The molecule has 0 aliphatic carbocycles. The molecule has 32 heavy (non-hydrogen) atoms. The van der Waals surface area contributed by atoms with Crippen molar-refractivity contribution in [2.75, 3.05) is 10.8 Å². The molecule has 1 aliphatic heterocycles. The van der Waals surface area contributed by atoms with Gasteiger partial charge in [-0.3, -0.25) is 20.0 Å². The van der Waals surface area contributed by atoms with Crippen molar-refractivity contribution in [2.24, 2.45) is 0 Å². The Morgan fingerprint density at radius 1 is 1.00 bits per heavy atom. The molecule has 3 N–H and O–H groups in total. The van der Waals surface area contributed by atoms with E-state index in [1.54, 1.807) is 12.1 Å². The molecule has 3 rings (SSSR count). The molecule has 0 spiro atoms. The molecule has 2 aromatic rings. The van der Waals surface area contributed by atoms with Gasteiger partial charge >= 0.3 is 0 Å². The van der Waals surface area contributed by atoms with Crippen molar-refractivity contribution in [1.29, 1.82) is 0 Å². The Morgan fingerprint density at radius 2 is 1.56 bits per heavy atom. The number of aryl methyl sites for hydroxylation is 1. The summed E-state index contributed by atoms with van der Waals surface area (Å²) in [5.74, 6) is -0.0171. The molecule has 1 saturated heterocycles. The summed E-state index contributed by atoms with van der Waals surface area (Å²) in [5, 5.41) is 2.16. The maximum absolute atomic E-state index is 13.7. The van der Waals surface area contributed by atoms with Crippen molar-refractivity contribution in [3.05, 3.63) is 65.2 Å². The third-order valence-corrected chi connectivity index (χ3v) is 8.38. The number of benzene rings is 2. The number of hydrazine groups is 1. The molecule has 1 heterocycles. The van der Waals surface area contributed by atoms with Crippen molar-refractivity contribution >= 4 is 21.6 Å². The van der Waals surface area contributed by atoms with Crippen molar-refractivity contribution in [3.63, 3.8) is 0 Å². The van der Waals surface area contributed by atoms with E-state index in [9.17, 15) is 13.2 Å². The normalized spacial score (nSPS) is 21.0. The van der Waals surface area contributed by atoms with Crippen LogP contribution in [0.3, 0.4) is 0 Å². The standard InChI is InChI=1S/C24H34N4O3S/c1-16(2)21-10-12-22(13-11-21)28(32(30,31)24-18(4)26-27-19(24)5)15-23(29)25-14-20-8-6-17(3)7-9-20/h6-13,16,18-19,24,26-27H,14-15H2,1-5H3,(H,25,29). The van der Waals surface area contributed by atoms with E-state index in [0.717, 1.165) is 16.7 Å². The number of sulfonamides is 1. The Hall–Kier alpha value is -2.42. The number of anilines is 1. The van der Waals surface area contributed by atoms with Crippen molar-refractivity contribution in [1.82, 2.24) is 16.2 Å². The molecule has 0 radical (unpaired) electrons. The number of nitrogens with zero attached hydrogens (tertiary/aromatic N) is 1. The SMILES string of the molecule is Cc1ccc(CNC(=O)CN(c2ccc(C(C)C)cc2)S(=O)(=O)C2C(C)NNC2C)cc1. The minimum atomic E-state index is -3.82. The average molecular weight is 459 g/mol. The van der Waals surface area contributed by atoms with Crippen LogP contribution in [0.4, 0.5) is 5.69 Å². The first-order valence-electron chi connectivity index (χ1n) is 11.0. The second kappa shape index (κ2) is 10.0. The number of carbonyl (C=O) groups excluding carboxylic acids is 1. The average Bonchev–Trinajstić information content (AvgIpc) is 3.10. The van der Waals surface area contributed by atoms with Gasteiger partial charge in [-0.25, -0.2) is 8.42 Å². The highest BCUT2D eigenvalue weighted by Gasteiger charge is 2.44. The predicted molar refractivity (Wildman–Crippen MR) is 129 cm³/mol. The molecular formula is C24H34N4O3S. The number of carbonyl (C=O) groups is 1. The van der Waals surface area contributed by atoms with Gasteiger partial charge in [0.15, 0.2) is 0 Å². The van der Waals surface area contributed by atoms with E-state index in [4.69, 9.17) is 0 Å². The second-order valence-electron chi connectivity index (χ2n) is 8.89. The van der Waals surface area contributed by atoms with Gasteiger partial charge in [0.1, 0.15) is 11.8 Å². The van der Waals surface area contributed by atoms with E-state index in [2.05, 4.69) is 30.0 Å². The summed E-state index contributed by atoms with van der Waals surface area (Å²) in [6, 6.07) is 14.7. The van der Waals surface area contributed by atoms with Gasteiger partial charge in [-0.1, -0.05) is 55.8 Å². The van der Waals surface area contributed by atoms with Crippen molar-refractivity contribution < 1.29 is 13.2 Å². The predicted octanol–water partition coefficient (Wildman–Crippen LogP) is 2.82. The van der Waals surface area contributed by atoms with Gasteiger partial charge in [0, 0.05) is 18.6 Å². The van der Waals surface area contributed by atoms with Gasteiger partial charge in [-0.05, 0) is 49.9 Å². The molecule has 2 atom stereocenters. The van der Waals surface area contributed by atoms with Crippen molar-refractivity contribution in [2.45, 2.75) is 64.4 Å². The van der Waals surface area contributed by atoms with E-state index in [0.29, 0.717) is 18.2 Å². The van der Waals surface area contributed by atoms with Crippen LogP contribution >= 0.6 is 0 Å². The number of hydrogen-bond donors (Lipinski definition) is 3. The third-order valence-electron chi connectivity index (χ3n) is 5.92. The van der Waals surface area contributed by atoms with Crippen LogP contribution in [0.15, 0.2) is 48.5 Å². The van der Waals surface area contributed by atoms with Crippen LogP contribution in [-0.2, 0) is 21.4 Å². The third kappa shape index (κ3) is 5.49. The summed E-state index contributed by atoms with van der Waals surface area (Å²) >= 11 is 0. The summed E-state index contributed by atoms with van der Waals surface area (Å²) in [7, 11) is -3.82. The van der Waals surface area contributed by atoms with E-state index < -0.39 is 15.3 Å². The molecule has 1 amide bonds. The Bertz CT molecular complexity index is 1010. The Kier molecular flexibility index (Phi) is 7.59. The molecule has 174 valence electrons. The van der Waals surface area contributed by atoms with Crippen LogP contribution in [0.5, 0.6) is 0 Å². The van der Waals surface area contributed by atoms with Crippen LogP contribution < -0.4 is 20.5 Å². The summed E-state index contributed by atoms with van der Waals surface area (Å²) in [6.45, 7) is 9.91. The summed E-state index contributed by atoms with van der Waals surface area (Å²) < 4.78 is 28.6. The molecule has 7 nitrogen and oxygen atoms in total. The van der Waals surface area contributed by atoms with Crippen LogP contribution in [0.25, 0.3) is 0 Å². The Balaban J connectivity index is 1.84. The second-order valence-corrected chi connectivity index (χ2v) is 10.9. The zero-order valence-corrected chi connectivity index (χ0v) is 20.2. The summed E-state index contributed by atoms with van der Waals surface area (Å²) in [5.41, 5.74) is 9.72. The van der Waals surface area contributed by atoms with Gasteiger partial charge in [-0.2, -0.15) is 0 Å². The van der Waals surface area contributed by atoms with Crippen LogP contribution in [-0.4, -0.2) is 38.2 Å². The first kappa shape index (κ1) is 24.2. The molecule has 0 saturated carbocycles. The van der Waals surface area contributed by atoms with E-state index in [1.165, 1.54) is 4.31 Å². The Morgan fingerprint density at radius 3 is 2.09 bits per heavy atom.